The lowest BCUT2D eigenvalue weighted by atomic mass is 9.95. The molecule has 1 aliphatic rings. The molecule has 2 aromatic rings. The van der Waals surface area contributed by atoms with E-state index in [9.17, 15) is 13.5 Å². The Morgan fingerprint density at radius 1 is 1.21 bits per heavy atom. The molecule has 0 radical (unpaired) electrons. The maximum Gasteiger partial charge on any atom is 0.212 e. The molecule has 0 aliphatic carbocycles. The van der Waals surface area contributed by atoms with Crippen LogP contribution >= 0.6 is 0 Å². The van der Waals surface area contributed by atoms with Crippen molar-refractivity contribution in [2.24, 2.45) is 5.14 Å². The van der Waals surface area contributed by atoms with Crippen molar-refractivity contribution in [2.45, 2.75) is 30.6 Å². The van der Waals surface area contributed by atoms with Gasteiger partial charge in [0.15, 0.2) is 0 Å². The summed E-state index contributed by atoms with van der Waals surface area (Å²) in [6, 6.07) is 13.3. The predicted molar refractivity (Wildman–Crippen MR) is 93.3 cm³/mol. The number of aromatic hydroxyl groups is 1. The standard InChI is InChI=1S/C17H21N3O3S/c18-24(22,23)16-8-9-20(17-7-6-15(21)12-19-17)14(11-16)10-13-4-2-1-3-5-13/h1-7,12,14,16,21H,8-11H2,(H2,18,22,23). The van der Waals surface area contributed by atoms with Crippen LogP contribution in [0.15, 0.2) is 48.7 Å². The Balaban J connectivity index is 1.87. The molecule has 128 valence electrons. The highest BCUT2D eigenvalue weighted by atomic mass is 32.2. The largest absolute Gasteiger partial charge is 0.506 e. The normalized spacial score (nSPS) is 21.6. The summed E-state index contributed by atoms with van der Waals surface area (Å²) in [5, 5.41) is 14.3. The quantitative estimate of drug-likeness (QED) is 0.877. The van der Waals surface area contributed by atoms with E-state index in [0.717, 1.165) is 17.8 Å². The van der Waals surface area contributed by atoms with Crippen molar-refractivity contribution >= 4 is 15.8 Å². The number of nitrogens with two attached hydrogens (primary N) is 1. The molecule has 1 fully saturated rings. The Bertz CT molecular complexity index is 778. The van der Waals surface area contributed by atoms with Crippen LogP contribution in [-0.2, 0) is 16.4 Å². The molecule has 3 N–H and O–H groups in total. The molecule has 0 saturated carbocycles. The lowest BCUT2D eigenvalue weighted by molar-refractivity contribution is 0.443. The fourth-order valence-corrected chi connectivity index (χ4v) is 4.17. The molecule has 0 spiro atoms. The second-order valence-electron chi connectivity index (χ2n) is 6.15. The number of piperidine rings is 1. The number of anilines is 1. The van der Waals surface area contributed by atoms with Crippen LogP contribution < -0.4 is 10.0 Å². The Hall–Kier alpha value is -2.12. The van der Waals surface area contributed by atoms with Gasteiger partial charge in [-0.3, -0.25) is 0 Å². The highest BCUT2D eigenvalue weighted by Gasteiger charge is 2.34. The van der Waals surface area contributed by atoms with Gasteiger partial charge in [-0.05, 0) is 37.0 Å². The van der Waals surface area contributed by atoms with Crippen molar-refractivity contribution in [2.75, 3.05) is 11.4 Å². The van der Waals surface area contributed by atoms with Crippen molar-refractivity contribution < 1.29 is 13.5 Å². The van der Waals surface area contributed by atoms with Crippen LogP contribution in [0.1, 0.15) is 18.4 Å². The molecule has 0 bridgehead atoms. The second kappa shape index (κ2) is 6.78. The zero-order chi connectivity index (χ0) is 17.2. The fraction of sp³-hybridized carbons (Fsp3) is 0.353. The molecule has 1 aromatic carbocycles. The summed E-state index contributed by atoms with van der Waals surface area (Å²) in [5.74, 6) is 0.847. The van der Waals surface area contributed by atoms with Crippen molar-refractivity contribution in [3.8, 4) is 5.75 Å². The topological polar surface area (TPSA) is 96.5 Å². The Labute approximate surface area is 142 Å². The molecular weight excluding hydrogens is 326 g/mol. The highest BCUT2D eigenvalue weighted by molar-refractivity contribution is 7.89. The van der Waals surface area contributed by atoms with Gasteiger partial charge in [0, 0.05) is 12.6 Å². The second-order valence-corrected chi connectivity index (χ2v) is 7.99. The van der Waals surface area contributed by atoms with Gasteiger partial charge in [0.2, 0.25) is 10.0 Å². The average molecular weight is 347 g/mol. The molecule has 0 amide bonds. The van der Waals surface area contributed by atoms with Crippen molar-refractivity contribution in [3.05, 3.63) is 54.2 Å². The minimum Gasteiger partial charge on any atom is -0.506 e. The van der Waals surface area contributed by atoms with E-state index in [1.165, 1.54) is 6.20 Å². The number of sulfonamides is 1. The minimum atomic E-state index is -3.55. The van der Waals surface area contributed by atoms with Gasteiger partial charge in [-0.15, -0.1) is 0 Å². The van der Waals surface area contributed by atoms with Gasteiger partial charge in [0.05, 0.1) is 11.4 Å². The maximum atomic E-state index is 11.8. The zero-order valence-corrected chi connectivity index (χ0v) is 14.1. The fourth-order valence-electron chi connectivity index (χ4n) is 3.24. The lowest BCUT2D eigenvalue weighted by Gasteiger charge is -2.39. The molecule has 3 rings (SSSR count). The van der Waals surface area contributed by atoms with E-state index in [4.69, 9.17) is 5.14 Å². The van der Waals surface area contributed by atoms with Gasteiger partial charge < -0.3 is 10.0 Å². The summed E-state index contributed by atoms with van der Waals surface area (Å²) in [7, 11) is -3.55. The summed E-state index contributed by atoms with van der Waals surface area (Å²) in [6.45, 7) is 0.566. The Kier molecular flexibility index (Phi) is 4.73. The molecular formula is C17H21N3O3S. The Morgan fingerprint density at radius 3 is 2.58 bits per heavy atom. The molecule has 2 atom stereocenters. The molecule has 2 unspecified atom stereocenters. The molecule has 24 heavy (non-hydrogen) atoms. The summed E-state index contributed by atoms with van der Waals surface area (Å²) in [5.41, 5.74) is 1.14. The maximum absolute atomic E-state index is 11.8. The molecule has 1 aliphatic heterocycles. The van der Waals surface area contributed by atoms with E-state index in [-0.39, 0.29) is 11.8 Å². The summed E-state index contributed by atoms with van der Waals surface area (Å²) >= 11 is 0. The van der Waals surface area contributed by atoms with Crippen LogP contribution in [0.3, 0.4) is 0 Å². The number of rotatable bonds is 4. The van der Waals surface area contributed by atoms with Crippen LogP contribution in [0.5, 0.6) is 5.75 Å². The number of aromatic nitrogens is 1. The molecule has 1 saturated heterocycles. The van der Waals surface area contributed by atoms with E-state index in [1.807, 2.05) is 30.3 Å². The van der Waals surface area contributed by atoms with Gasteiger partial charge in [0.1, 0.15) is 11.6 Å². The number of nitrogens with zero attached hydrogens (tertiary/aromatic N) is 2. The molecule has 1 aromatic heterocycles. The van der Waals surface area contributed by atoms with Crippen molar-refractivity contribution in [3.63, 3.8) is 0 Å². The third-order valence-electron chi connectivity index (χ3n) is 4.47. The monoisotopic (exact) mass is 347 g/mol. The van der Waals surface area contributed by atoms with Crippen LogP contribution in [0.2, 0.25) is 0 Å². The summed E-state index contributed by atoms with van der Waals surface area (Å²) in [6.07, 6.45) is 3.07. The predicted octanol–water partition coefficient (Wildman–Crippen LogP) is 1.66. The number of hydrogen-bond acceptors (Lipinski definition) is 5. The van der Waals surface area contributed by atoms with Gasteiger partial charge in [-0.25, -0.2) is 18.5 Å². The summed E-state index contributed by atoms with van der Waals surface area (Å²) in [4.78, 5) is 6.38. The minimum absolute atomic E-state index is 0.0125. The zero-order valence-electron chi connectivity index (χ0n) is 13.2. The Morgan fingerprint density at radius 2 is 1.96 bits per heavy atom. The average Bonchev–Trinajstić information content (AvgIpc) is 2.56. The van der Waals surface area contributed by atoms with Gasteiger partial charge in [-0.1, -0.05) is 30.3 Å². The highest BCUT2D eigenvalue weighted by Crippen LogP contribution is 2.29. The van der Waals surface area contributed by atoms with Crippen LogP contribution in [-0.4, -0.2) is 36.3 Å². The van der Waals surface area contributed by atoms with Crippen molar-refractivity contribution in [1.29, 1.82) is 0 Å². The first-order valence-electron chi connectivity index (χ1n) is 7.90. The lowest BCUT2D eigenvalue weighted by Crippen LogP contribution is -2.49. The third-order valence-corrected chi connectivity index (χ3v) is 5.83. The van der Waals surface area contributed by atoms with Gasteiger partial charge >= 0.3 is 0 Å². The van der Waals surface area contributed by atoms with Gasteiger partial charge in [-0.2, -0.15) is 0 Å². The van der Waals surface area contributed by atoms with E-state index in [0.29, 0.717) is 19.4 Å². The van der Waals surface area contributed by atoms with E-state index in [1.54, 1.807) is 12.1 Å². The SMILES string of the molecule is NS(=O)(=O)C1CCN(c2ccc(O)cn2)C(Cc2ccccc2)C1. The first-order valence-corrected chi connectivity index (χ1v) is 9.51. The van der Waals surface area contributed by atoms with E-state index >= 15 is 0 Å². The van der Waals surface area contributed by atoms with Crippen LogP contribution in [0, 0.1) is 0 Å². The van der Waals surface area contributed by atoms with E-state index in [2.05, 4.69) is 9.88 Å². The van der Waals surface area contributed by atoms with Crippen LogP contribution in [0.25, 0.3) is 0 Å². The summed E-state index contributed by atoms with van der Waals surface area (Å²) < 4.78 is 23.6. The first kappa shape index (κ1) is 16.7. The first-order chi connectivity index (χ1) is 11.4. The third kappa shape index (κ3) is 3.85. The number of hydrogen-bond donors (Lipinski definition) is 2. The molecule has 2 heterocycles. The number of benzene rings is 1. The van der Waals surface area contributed by atoms with Gasteiger partial charge in [0.25, 0.3) is 0 Å². The van der Waals surface area contributed by atoms with E-state index < -0.39 is 15.3 Å². The number of primary sulfonamides is 1. The smallest absolute Gasteiger partial charge is 0.212 e. The molecule has 6 nitrogen and oxygen atoms in total. The van der Waals surface area contributed by atoms with Crippen LogP contribution in [0.4, 0.5) is 5.82 Å². The number of pyridine rings is 1. The molecule has 7 heteroatoms. The van der Waals surface area contributed by atoms with Crippen molar-refractivity contribution in [1.82, 2.24) is 4.98 Å².